The monoisotopic (exact) mass is 297 g/mol. The van der Waals surface area contributed by atoms with Crippen LogP contribution in [0.3, 0.4) is 0 Å². The largest absolute Gasteiger partial charge is 0.364 e. The van der Waals surface area contributed by atoms with E-state index in [0.29, 0.717) is 18.8 Å². The molecule has 2 rings (SSSR count). The number of hydrogen-bond donors (Lipinski definition) is 1. The molecule has 0 aliphatic rings. The molecule has 0 aromatic carbocycles. The summed E-state index contributed by atoms with van der Waals surface area (Å²) >= 11 is 5.71. The molecule has 0 fully saturated rings. The van der Waals surface area contributed by atoms with Gasteiger partial charge in [0.05, 0.1) is 4.92 Å². The van der Waals surface area contributed by atoms with Gasteiger partial charge in [0, 0.05) is 20.0 Å². The van der Waals surface area contributed by atoms with E-state index >= 15 is 0 Å². The van der Waals surface area contributed by atoms with Gasteiger partial charge in [0.15, 0.2) is 5.82 Å². The van der Waals surface area contributed by atoms with E-state index in [1.54, 1.807) is 18.1 Å². The Morgan fingerprint density at radius 1 is 1.50 bits per heavy atom. The third-order valence-corrected chi connectivity index (χ3v) is 2.67. The summed E-state index contributed by atoms with van der Waals surface area (Å²) < 4.78 is 1.59. The second-order valence-electron chi connectivity index (χ2n) is 4.04. The first-order chi connectivity index (χ1) is 9.47. The number of nitro groups is 1. The Kier molecular flexibility index (Phi) is 4.08. The lowest BCUT2D eigenvalue weighted by Gasteiger charge is -2.06. The fraction of sp³-hybridized carbons (Fsp3) is 0.400. The molecular formula is C10H12ClN7O2. The van der Waals surface area contributed by atoms with Gasteiger partial charge in [-0.1, -0.05) is 0 Å². The van der Waals surface area contributed by atoms with Crippen LogP contribution in [-0.4, -0.2) is 36.2 Å². The zero-order chi connectivity index (χ0) is 14.7. The molecule has 2 heterocycles. The van der Waals surface area contributed by atoms with E-state index in [9.17, 15) is 10.1 Å². The highest BCUT2D eigenvalue weighted by atomic mass is 35.5. The lowest BCUT2D eigenvalue weighted by atomic mass is 10.3. The van der Waals surface area contributed by atoms with Gasteiger partial charge in [-0.2, -0.15) is 10.1 Å². The maximum absolute atomic E-state index is 11.0. The summed E-state index contributed by atoms with van der Waals surface area (Å²) in [4.78, 5) is 22.1. The van der Waals surface area contributed by atoms with E-state index in [1.165, 1.54) is 6.92 Å². The van der Waals surface area contributed by atoms with E-state index in [4.69, 9.17) is 11.6 Å². The molecule has 0 atom stereocenters. The summed E-state index contributed by atoms with van der Waals surface area (Å²) in [5, 5.41) is 17.9. The molecule has 0 spiro atoms. The van der Waals surface area contributed by atoms with Gasteiger partial charge in [-0.15, -0.1) is 0 Å². The van der Waals surface area contributed by atoms with Crippen LogP contribution in [0.15, 0.2) is 6.33 Å². The molecule has 9 nitrogen and oxygen atoms in total. The Morgan fingerprint density at radius 3 is 2.85 bits per heavy atom. The van der Waals surface area contributed by atoms with Gasteiger partial charge in [-0.25, -0.2) is 9.97 Å². The predicted octanol–water partition coefficient (Wildman–Crippen LogP) is 1.13. The van der Waals surface area contributed by atoms with Gasteiger partial charge in [-0.3, -0.25) is 14.8 Å². The average molecular weight is 298 g/mol. The zero-order valence-electron chi connectivity index (χ0n) is 10.9. The highest BCUT2D eigenvalue weighted by Crippen LogP contribution is 2.26. The van der Waals surface area contributed by atoms with Gasteiger partial charge in [-0.05, 0) is 18.5 Å². The van der Waals surface area contributed by atoms with Crippen molar-refractivity contribution >= 4 is 23.1 Å². The van der Waals surface area contributed by atoms with E-state index in [2.05, 4.69) is 25.4 Å². The highest BCUT2D eigenvalue weighted by molar-refractivity contribution is 6.28. The maximum atomic E-state index is 11.0. The third-order valence-electron chi connectivity index (χ3n) is 2.50. The summed E-state index contributed by atoms with van der Waals surface area (Å²) in [6.07, 6.45) is 2.10. The highest BCUT2D eigenvalue weighted by Gasteiger charge is 2.21. The van der Waals surface area contributed by atoms with Crippen molar-refractivity contribution in [1.82, 2.24) is 24.7 Å². The molecule has 1 N–H and O–H groups in total. The fourth-order valence-electron chi connectivity index (χ4n) is 1.67. The zero-order valence-corrected chi connectivity index (χ0v) is 11.6. The van der Waals surface area contributed by atoms with E-state index < -0.39 is 4.92 Å². The topological polar surface area (TPSA) is 112 Å². The van der Waals surface area contributed by atoms with Crippen molar-refractivity contribution in [1.29, 1.82) is 0 Å². The normalized spacial score (nSPS) is 10.6. The number of nitrogens with one attached hydrogen (secondary N) is 1. The van der Waals surface area contributed by atoms with Crippen LogP contribution in [0, 0.1) is 17.0 Å². The van der Waals surface area contributed by atoms with Crippen LogP contribution in [-0.2, 0) is 13.5 Å². The molecule has 0 aliphatic heterocycles. The molecule has 20 heavy (non-hydrogen) atoms. The molecule has 0 unspecified atom stereocenters. The van der Waals surface area contributed by atoms with Crippen molar-refractivity contribution in [3.8, 4) is 0 Å². The molecular weight excluding hydrogens is 286 g/mol. The number of anilines is 1. The number of aromatic nitrogens is 5. The van der Waals surface area contributed by atoms with Crippen LogP contribution in [0.4, 0.5) is 11.5 Å². The lowest BCUT2D eigenvalue weighted by molar-refractivity contribution is -0.385. The van der Waals surface area contributed by atoms with Crippen LogP contribution in [0.2, 0.25) is 5.28 Å². The number of hydrogen-bond acceptors (Lipinski definition) is 7. The third kappa shape index (κ3) is 3.18. The lowest BCUT2D eigenvalue weighted by Crippen LogP contribution is -2.11. The molecule has 0 saturated heterocycles. The van der Waals surface area contributed by atoms with Gasteiger partial charge in [0.2, 0.25) is 11.1 Å². The minimum Gasteiger partial charge on any atom is -0.364 e. The van der Waals surface area contributed by atoms with E-state index in [0.717, 1.165) is 0 Å². The standard InChI is InChI=1S/C10H12ClN7O2/c1-6-8(18(19)20)9(15-10(11)14-6)12-4-3-7-13-5-17(2)16-7/h5H,3-4H2,1-2H3,(H,12,14,15). The number of halogens is 1. The molecule has 2 aromatic rings. The first-order valence-corrected chi connectivity index (χ1v) is 6.12. The van der Waals surface area contributed by atoms with Crippen molar-refractivity contribution in [2.75, 3.05) is 11.9 Å². The second-order valence-corrected chi connectivity index (χ2v) is 4.38. The average Bonchev–Trinajstić information content (AvgIpc) is 2.73. The molecule has 106 valence electrons. The fourth-order valence-corrected chi connectivity index (χ4v) is 1.88. The van der Waals surface area contributed by atoms with Crippen LogP contribution in [0.25, 0.3) is 0 Å². The smallest absolute Gasteiger partial charge is 0.332 e. The van der Waals surface area contributed by atoms with Crippen molar-refractivity contribution in [2.45, 2.75) is 13.3 Å². The minimum absolute atomic E-state index is 0.0356. The second kappa shape index (κ2) is 5.78. The first-order valence-electron chi connectivity index (χ1n) is 5.74. The Hall–Kier alpha value is -2.29. The van der Waals surface area contributed by atoms with Gasteiger partial charge < -0.3 is 5.32 Å². The summed E-state index contributed by atoms with van der Waals surface area (Å²) in [5.74, 6) is 0.739. The summed E-state index contributed by atoms with van der Waals surface area (Å²) in [5.41, 5.74) is 0.0387. The minimum atomic E-state index is -0.535. The molecule has 0 radical (unpaired) electrons. The van der Waals surface area contributed by atoms with Crippen molar-refractivity contribution < 1.29 is 4.92 Å². The van der Waals surface area contributed by atoms with Crippen LogP contribution in [0.5, 0.6) is 0 Å². The molecule has 0 bridgehead atoms. The van der Waals surface area contributed by atoms with Gasteiger partial charge >= 0.3 is 5.69 Å². The maximum Gasteiger partial charge on any atom is 0.332 e. The Balaban J connectivity index is 2.10. The van der Waals surface area contributed by atoms with Gasteiger partial charge in [0.25, 0.3) is 0 Å². The van der Waals surface area contributed by atoms with Crippen molar-refractivity contribution in [3.63, 3.8) is 0 Å². The van der Waals surface area contributed by atoms with Gasteiger partial charge in [0.1, 0.15) is 12.0 Å². The Morgan fingerprint density at radius 2 is 2.25 bits per heavy atom. The molecule has 0 amide bonds. The quantitative estimate of drug-likeness (QED) is 0.500. The predicted molar refractivity (Wildman–Crippen MR) is 71.6 cm³/mol. The number of nitrogens with zero attached hydrogens (tertiary/aromatic N) is 6. The summed E-state index contributed by atoms with van der Waals surface area (Å²) in [6.45, 7) is 1.91. The molecule has 10 heteroatoms. The number of rotatable bonds is 5. The summed E-state index contributed by atoms with van der Waals surface area (Å²) in [7, 11) is 1.77. The van der Waals surface area contributed by atoms with Crippen LogP contribution >= 0.6 is 11.6 Å². The van der Waals surface area contributed by atoms with E-state index in [-0.39, 0.29) is 22.5 Å². The molecule has 2 aromatic heterocycles. The SMILES string of the molecule is Cc1nc(Cl)nc(NCCc2ncn(C)n2)c1[N+](=O)[O-]. The Bertz CT molecular complexity index is 643. The Labute approximate surface area is 119 Å². The first kappa shape index (κ1) is 14.1. The van der Waals surface area contributed by atoms with E-state index in [1.807, 2.05) is 0 Å². The molecule has 0 saturated carbocycles. The van der Waals surface area contributed by atoms with Crippen molar-refractivity contribution in [2.24, 2.45) is 7.05 Å². The van der Waals surface area contributed by atoms with Crippen LogP contribution < -0.4 is 5.32 Å². The number of aryl methyl sites for hydroxylation is 2. The summed E-state index contributed by atoms with van der Waals surface area (Å²) in [6, 6.07) is 0. The van der Waals surface area contributed by atoms with Crippen molar-refractivity contribution in [3.05, 3.63) is 33.2 Å². The van der Waals surface area contributed by atoms with Crippen LogP contribution in [0.1, 0.15) is 11.5 Å². The molecule has 0 aliphatic carbocycles.